The Bertz CT molecular complexity index is 1400. The van der Waals surface area contributed by atoms with Crippen LogP contribution in [0.3, 0.4) is 0 Å². The van der Waals surface area contributed by atoms with Gasteiger partial charge in [0.15, 0.2) is 5.58 Å². The zero-order chi connectivity index (χ0) is 24.3. The van der Waals surface area contributed by atoms with Gasteiger partial charge in [0.1, 0.15) is 17.0 Å². The highest BCUT2D eigenvalue weighted by Gasteiger charge is 2.21. The van der Waals surface area contributed by atoms with Crippen molar-refractivity contribution in [2.45, 2.75) is 22.3 Å². The van der Waals surface area contributed by atoms with Gasteiger partial charge < -0.3 is 14.5 Å². The summed E-state index contributed by atoms with van der Waals surface area (Å²) in [5.41, 5.74) is 1.49. The molecule has 0 spiro atoms. The number of carbonyl (C=O) groups excluding carboxylic acids is 1. The van der Waals surface area contributed by atoms with E-state index in [9.17, 15) is 13.2 Å². The minimum Gasteiger partial charge on any atom is -0.457 e. The number of carbonyl (C=O) groups is 1. The van der Waals surface area contributed by atoms with Gasteiger partial charge >= 0.3 is 0 Å². The lowest BCUT2D eigenvalue weighted by molar-refractivity contribution is -0.115. The van der Waals surface area contributed by atoms with Crippen LogP contribution >= 0.6 is 11.8 Å². The Morgan fingerprint density at radius 1 is 1.03 bits per heavy atom. The number of aromatic nitrogens is 1. The fraction of sp³-hybridized carbons (Fsp3) is 0.167. The van der Waals surface area contributed by atoms with Crippen molar-refractivity contribution in [3.63, 3.8) is 0 Å². The SMILES string of the molecule is CC(Sc1nc2cc(S(=O)(=O)N(C)C)ccc2o1)C(=O)Nc1ccc(Oc2ccccc2)cc1. The number of ether oxygens (including phenoxy) is 1. The smallest absolute Gasteiger partial charge is 0.257 e. The number of amides is 1. The molecule has 0 fully saturated rings. The van der Waals surface area contributed by atoms with Gasteiger partial charge in [-0.15, -0.1) is 0 Å². The van der Waals surface area contributed by atoms with Crippen LogP contribution in [0.4, 0.5) is 5.69 Å². The molecule has 1 atom stereocenters. The van der Waals surface area contributed by atoms with Crippen molar-refractivity contribution in [1.82, 2.24) is 9.29 Å². The van der Waals surface area contributed by atoms with E-state index in [1.54, 1.807) is 37.3 Å². The Balaban J connectivity index is 1.39. The van der Waals surface area contributed by atoms with Gasteiger partial charge in [0.2, 0.25) is 15.9 Å². The molecule has 0 saturated heterocycles. The van der Waals surface area contributed by atoms with Gasteiger partial charge in [-0.2, -0.15) is 0 Å². The van der Waals surface area contributed by atoms with E-state index in [4.69, 9.17) is 9.15 Å². The standard InChI is InChI=1S/C24H23N3O5S2/c1-16(23(28)25-17-9-11-19(12-10-17)31-18-7-5-4-6-8-18)33-24-26-21-15-20(13-14-22(21)32-24)34(29,30)27(2)3/h4-16H,1-3H3,(H,25,28). The number of anilines is 1. The maximum atomic E-state index is 12.7. The van der Waals surface area contributed by atoms with Gasteiger partial charge in [-0.3, -0.25) is 4.79 Å². The van der Waals surface area contributed by atoms with Crippen molar-refractivity contribution in [1.29, 1.82) is 0 Å². The first-order chi connectivity index (χ1) is 16.2. The first kappa shape index (κ1) is 23.8. The predicted molar refractivity (Wildman–Crippen MR) is 132 cm³/mol. The fourth-order valence-electron chi connectivity index (χ4n) is 2.99. The summed E-state index contributed by atoms with van der Waals surface area (Å²) in [7, 11) is -0.647. The summed E-state index contributed by atoms with van der Waals surface area (Å²) in [5, 5.41) is 2.64. The van der Waals surface area contributed by atoms with Crippen LogP contribution < -0.4 is 10.1 Å². The van der Waals surface area contributed by atoms with Crippen LogP contribution in [0.25, 0.3) is 11.1 Å². The average molecular weight is 498 g/mol. The van der Waals surface area contributed by atoms with Crippen LogP contribution in [0.2, 0.25) is 0 Å². The van der Waals surface area contributed by atoms with Crippen LogP contribution in [0.15, 0.2) is 87.3 Å². The Hall–Kier alpha value is -3.34. The maximum Gasteiger partial charge on any atom is 0.257 e. The van der Waals surface area contributed by atoms with Crippen LogP contribution in [-0.4, -0.2) is 43.0 Å². The molecule has 4 aromatic rings. The molecule has 0 aliphatic rings. The largest absolute Gasteiger partial charge is 0.457 e. The Morgan fingerprint density at radius 3 is 2.38 bits per heavy atom. The van der Waals surface area contributed by atoms with Crippen molar-refractivity contribution in [3.05, 3.63) is 72.8 Å². The summed E-state index contributed by atoms with van der Waals surface area (Å²) < 4.78 is 37.3. The van der Waals surface area contributed by atoms with E-state index in [-0.39, 0.29) is 16.0 Å². The van der Waals surface area contributed by atoms with E-state index in [0.29, 0.717) is 22.5 Å². The highest BCUT2D eigenvalue weighted by molar-refractivity contribution is 8.00. The number of rotatable bonds is 8. The molecule has 1 heterocycles. The minimum atomic E-state index is -3.58. The van der Waals surface area contributed by atoms with E-state index in [1.165, 1.54) is 26.2 Å². The molecule has 176 valence electrons. The first-order valence-electron chi connectivity index (χ1n) is 10.4. The van der Waals surface area contributed by atoms with Crippen molar-refractivity contribution < 1.29 is 22.4 Å². The number of benzene rings is 3. The first-order valence-corrected chi connectivity index (χ1v) is 12.7. The van der Waals surface area contributed by atoms with Crippen LogP contribution in [0.5, 0.6) is 11.5 Å². The van der Waals surface area contributed by atoms with E-state index in [2.05, 4.69) is 10.3 Å². The number of nitrogens with zero attached hydrogens (tertiary/aromatic N) is 2. The van der Waals surface area contributed by atoms with E-state index in [1.807, 2.05) is 30.3 Å². The van der Waals surface area contributed by atoms with Gasteiger partial charge in [-0.1, -0.05) is 30.0 Å². The van der Waals surface area contributed by atoms with Crippen molar-refractivity contribution in [3.8, 4) is 11.5 Å². The summed E-state index contributed by atoms with van der Waals surface area (Å²) in [5.74, 6) is 1.17. The number of sulfonamides is 1. The number of para-hydroxylation sites is 1. The van der Waals surface area contributed by atoms with Crippen molar-refractivity contribution >= 4 is 44.5 Å². The fourth-order valence-corrected chi connectivity index (χ4v) is 4.67. The number of thioether (sulfide) groups is 1. The number of hydrogen-bond acceptors (Lipinski definition) is 7. The normalized spacial score (nSPS) is 12.6. The molecule has 4 rings (SSSR count). The molecule has 10 heteroatoms. The summed E-state index contributed by atoms with van der Waals surface area (Å²) in [6, 6.07) is 21.0. The van der Waals surface area contributed by atoms with E-state index in [0.717, 1.165) is 21.8 Å². The topological polar surface area (TPSA) is 102 Å². The van der Waals surface area contributed by atoms with Crippen LogP contribution in [0, 0.1) is 0 Å². The summed E-state index contributed by atoms with van der Waals surface area (Å²) in [6.45, 7) is 1.74. The van der Waals surface area contributed by atoms with Crippen molar-refractivity contribution in [2.24, 2.45) is 0 Å². The molecule has 0 aliphatic heterocycles. The lowest BCUT2D eigenvalue weighted by atomic mass is 10.3. The highest BCUT2D eigenvalue weighted by Crippen LogP contribution is 2.29. The molecular formula is C24H23N3O5S2. The number of nitrogens with one attached hydrogen (secondary N) is 1. The Kier molecular flexibility index (Phi) is 6.92. The van der Waals surface area contributed by atoms with Gasteiger partial charge in [-0.05, 0) is 61.5 Å². The van der Waals surface area contributed by atoms with Gasteiger partial charge in [0, 0.05) is 19.8 Å². The molecule has 0 radical (unpaired) electrons. The summed E-state index contributed by atoms with van der Waals surface area (Å²) in [6.07, 6.45) is 0. The molecule has 1 unspecified atom stereocenters. The summed E-state index contributed by atoms with van der Waals surface area (Å²) in [4.78, 5) is 17.1. The molecule has 0 aliphatic carbocycles. The number of hydrogen-bond donors (Lipinski definition) is 1. The number of oxazole rings is 1. The third kappa shape index (κ3) is 5.41. The molecular weight excluding hydrogens is 474 g/mol. The third-order valence-corrected chi connectivity index (χ3v) is 7.62. The Labute approximate surface area is 202 Å². The molecule has 0 saturated carbocycles. The lowest BCUT2D eigenvalue weighted by Crippen LogP contribution is -2.22. The zero-order valence-electron chi connectivity index (χ0n) is 18.8. The van der Waals surface area contributed by atoms with Crippen LogP contribution in [-0.2, 0) is 14.8 Å². The van der Waals surface area contributed by atoms with Gasteiger partial charge in [0.25, 0.3) is 5.22 Å². The monoisotopic (exact) mass is 497 g/mol. The van der Waals surface area contributed by atoms with Gasteiger partial charge in [0.05, 0.1) is 10.1 Å². The molecule has 0 bridgehead atoms. The highest BCUT2D eigenvalue weighted by atomic mass is 32.2. The summed E-state index contributed by atoms with van der Waals surface area (Å²) >= 11 is 1.15. The zero-order valence-corrected chi connectivity index (χ0v) is 20.4. The molecule has 1 N–H and O–H groups in total. The molecule has 8 nitrogen and oxygen atoms in total. The predicted octanol–water partition coefficient (Wildman–Crippen LogP) is 4.99. The second kappa shape index (κ2) is 9.88. The third-order valence-electron chi connectivity index (χ3n) is 4.87. The van der Waals surface area contributed by atoms with Crippen LogP contribution in [0.1, 0.15) is 6.92 Å². The molecule has 3 aromatic carbocycles. The van der Waals surface area contributed by atoms with E-state index >= 15 is 0 Å². The Morgan fingerprint density at radius 2 is 1.71 bits per heavy atom. The average Bonchev–Trinajstić information content (AvgIpc) is 3.22. The van der Waals surface area contributed by atoms with Crippen molar-refractivity contribution in [2.75, 3.05) is 19.4 Å². The molecule has 1 aromatic heterocycles. The second-order valence-corrected chi connectivity index (χ2v) is 11.0. The quantitative estimate of drug-likeness (QED) is 0.342. The molecule has 34 heavy (non-hydrogen) atoms. The minimum absolute atomic E-state index is 0.125. The lowest BCUT2D eigenvalue weighted by Gasteiger charge is -2.11. The number of fused-ring (bicyclic) bond motifs is 1. The maximum absolute atomic E-state index is 12.7. The molecule has 1 amide bonds. The van der Waals surface area contributed by atoms with E-state index < -0.39 is 15.3 Å². The van der Waals surface area contributed by atoms with Gasteiger partial charge in [-0.25, -0.2) is 17.7 Å². The second-order valence-electron chi connectivity index (χ2n) is 7.59.